The molecule has 94 valence electrons. The topological polar surface area (TPSA) is 51.3 Å². The number of rotatable bonds is 1. The molecule has 2 N–H and O–H groups in total. The number of hydrogen-bond donors (Lipinski definition) is 1. The highest BCUT2D eigenvalue weighted by Crippen LogP contribution is 2.25. The van der Waals surface area contributed by atoms with Crippen LogP contribution >= 0.6 is 0 Å². The van der Waals surface area contributed by atoms with Crippen molar-refractivity contribution in [1.82, 2.24) is 9.47 Å². The summed E-state index contributed by atoms with van der Waals surface area (Å²) in [5, 5.41) is 0. The number of piperidine rings is 1. The summed E-state index contributed by atoms with van der Waals surface area (Å²) in [5.74, 6) is 0.675. The highest BCUT2D eigenvalue weighted by Gasteiger charge is 2.30. The Labute approximate surface area is 102 Å². The lowest BCUT2D eigenvalue weighted by molar-refractivity contribution is 0.0541. The first-order chi connectivity index (χ1) is 8.00. The van der Waals surface area contributed by atoms with Gasteiger partial charge in [-0.3, -0.25) is 4.79 Å². The highest BCUT2D eigenvalue weighted by atomic mass is 16.2. The van der Waals surface area contributed by atoms with Crippen molar-refractivity contribution in [2.24, 2.45) is 13.0 Å². The van der Waals surface area contributed by atoms with Gasteiger partial charge in [-0.2, -0.15) is 0 Å². The van der Waals surface area contributed by atoms with Gasteiger partial charge in [-0.25, -0.2) is 0 Å². The van der Waals surface area contributed by atoms with Crippen molar-refractivity contribution in [3.05, 3.63) is 18.0 Å². The number of amides is 1. The van der Waals surface area contributed by atoms with E-state index in [0.29, 0.717) is 23.3 Å². The Bertz CT molecular complexity index is 424. The molecule has 1 fully saturated rings. The number of nitrogens with zero attached hydrogens (tertiary/aromatic N) is 2. The fourth-order valence-corrected chi connectivity index (χ4v) is 2.57. The second-order valence-electron chi connectivity index (χ2n) is 5.13. The predicted octanol–water partition coefficient (Wildman–Crippen LogP) is 1.87. The fraction of sp³-hybridized carbons (Fsp3) is 0.615. The van der Waals surface area contributed by atoms with Crippen LogP contribution in [-0.4, -0.2) is 28.0 Å². The van der Waals surface area contributed by atoms with Crippen LogP contribution in [0, 0.1) is 5.92 Å². The van der Waals surface area contributed by atoms with Crippen molar-refractivity contribution in [3.8, 4) is 0 Å². The zero-order valence-electron chi connectivity index (χ0n) is 10.8. The molecule has 0 spiro atoms. The van der Waals surface area contributed by atoms with Crippen LogP contribution < -0.4 is 5.73 Å². The van der Waals surface area contributed by atoms with E-state index in [1.807, 2.05) is 16.5 Å². The summed E-state index contributed by atoms with van der Waals surface area (Å²) in [5.41, 5.74) is 7.05. The molecule has 1 saturated heterocycles. The van der Waals surface area contributed by atoms with Crippen LogP contribution in [-0.2, 0) is 7.05 Å². The Kier molecular flexibility index (Phi) is 3.13. The van der Waals surface area contributed by atoms with Crippen molar-refractivity contribution >= 4 is 11.6 Å². The number of nitrogens with two attached hydrogens (primary N) is 1. The molecule has 0 aromatic carbocycles. The maximum absolute atomic E-state index is 12.4. The second kappa shape index (κ2) is 4.43. The monoisotopic (exact) mass is 235 g/mol. The number of aromatic nitrogens is 1. The van der Waals surface area contributed by atoms with E-state index in [9.17, 15) is 4.79 Å². The van der Waals surface area contributed by atoms with E-state index in [-0.39, 0.29) is 5.91 Å². The van der Waals surface area contributed by atoms with Crippen molar-refractivity contribution in [3.63, 3.8) is 0 Å². The highest BCUT2D eigenvalue weighted by molar-refractivity contribution is 5.94. The zero-order chi connectivity index (χ0) is 12.6. The zero-order valence-corrected chi connectivity index (χ0v) is 10.8. The van der Waals surface area contributed by atoms with Crippen LogP contribution in [0.1, 0.15) is 37.2 Å². The average Bonchev–Trinajstić information content (AvgIpc) is 2.61. The molecule has 0 saturated carbocycles. The smallest absolute Gasteiger partial charge is 0.270 e. The molecule has 2 rings (SSSR count). The summed E-state index contributed by atoms with van der Waals surface area (Å²) in [6.07, 6.45) is 4.09. The van der Waals surface area contributed by atoms with E-state index in [0.717, 1.165) is 13.0 Å². The SMILES string of the molecule is CC1CCCN(C(=O)c2cc(N)cn2C)C1C. The summed E-state index contributed by atoms with van der Waals surface area (Å²) < 4.78 is 1.81. The molecule has 1 amide bonds. The Morgan fingerprint density at radius 2 is 2.18 bits per heavy atom. The van der Waals surface area contributed by atoms with E-state index < -0.39 is 0 Å². The molecule has 2 heterocycles. The van der Waals surface area contributed by atoms with Gasteiger partial charge in [0.25, 0.3) is 5.91 Å². The van der Waals surface area contributed by atoms with Crippen LogP contribution in [0.5, 0.6) is 0 Å². The standard InChI is InChI=1S/C13H21N3O/c1-9-5-4-6-16(10(9)2)13(17)12-7-11(14)8-15(12)3/h7-10H,4-6,14H2,1-3H3. The molecule has 0 aliphatic carbocycles. The number of carbonyl (C=O) groups is 1. The molecule has 0 bridgehead atoms. The second-order valence-corrected chi connectivity index (χ2v) is 5.13. The van der Waals surface area contributed by atoms with Gasteiger partial charge in [0, 0.05) is 25.8 Å². The maximum Gasteiger partial charge on any atom is 0.270 e. The van der Waals surface area contributed by atoms with Crippen molar-refractivity contribution in [2.75, 3.05) is 12.3 Å². The molecule has 2 unspecified atom stereocenters. The van der Waals surface area contributed by atoms with Crippen molar-refractivity contribution in [2.45, 2.75) is 32.7 Å². The van der Waals surface area contributed by atoms with Gasteiger partial charge >= 0.3 is 0 Å². The number of carbonyl (C=O) groups excluding carboxylic acids is 1. The number of anilines is 1. The first kappa shape index (κ1) is 12.0. The molecular weight excluding hydrogens is 214 g/mol. The molecule has 4 nitrogen and oxygen atoms in total. The molecule has 1 aliphatic heterocycles. The molecule has 0 radical (unpaired) electrons. The number of aryl methyl sites for hydroxylation is 1. The normalized spacial score (nSPS) is 25.0. The molecule has 4 heteroatoms. The van der Waals surface area contributed by atoms with Gasteiger partial charge in [-0.15, -0.1) is 0 Å². The van der Waals surface area contributed by atoms with Gasteiger partial charge in [0.15, 0.2) is 0 Å². The van der Waals surface area contributed by atoms with Crippen LogP contribution in [0.3, 0.4) is 0 Å². The van der Waals surface area contributed by atoms with E-state index in [4.69, 9.17) is 5.73 Å². The Morgan fingerprint density at radius 1 is 1.47 bits per heavy atom. The summed E-state index contributed by atoms with van der Waals surface area (Å²) in [7, 11) is 1.86. The van der Waals surface area contributed by atoms with Gasteiger partial charge in [0.05, 0.1) is 5.69 Å². The minimum absolute atomic E-state index is 0.100. The summed E-state index contributed by atoms with van der Waals surface area (Å²) in [6, 6.07) is 2.07. The molecule has 1 aromatic rings. The van der Waals surface area contributed by atoms with E-state index in [1.165, 1.54) is 6.42 Å². The van der Waals surface area contributed by atoms with Gasteiger partial charge in [0.1, 0.15) is 5.69 Å². The average molecular weight is 235 g/mol. The predicted molar refractivity (Wildman–Crippen MR) is 68.7 cm³/mol. The number of hydrogen-bond acceptors (Lipinski definition) is 2. The Balaban J connectivity index is 2.22. The minimum Gasteiger partial charge on any atom is -0.397 e. The largest absolute Gasteiger partial charge is 0.397 e. The van der Waals surface area contributed by atoms with Crippen molar-refractivity contribution < 1.29 is 4.79 Å². The van der Waals surface area contributed by atoms with Crippen molar-refractivity contribution in [1.29, 1.82) is 0 Å². The molecule has 1 aromatic heterocycles. The Morgan fingerprint density at radius 3 is 2.76 bits per heavy atom. The van der Waals surface area contributed by atoms with E-state index in [2.05, 4.69) is 13.8 Å². The molecule has 17 heavy (non-hydrogen) atoms. The minimum atomic E-state index is 0.100. The van der Waals surface area contributed by atoms with Crippen LogP contribution in [0.2, 0.25) is 0 Å². The summed E-state index contributed by atoms with van der Waals surface area (Å²) >= 11 is 0. The lowest BCUT2D eigenvalue weighted by Gasteiger charge is -2.37. The fourth-order valence-electron chi connectivity index (χ4n) is 2.57. The Hall–Kier alpha value is -1.45. The third-order valence-electron chi connectivity index (χ3n) is 3.88. The van der Waals surface area contributed by atoms with E-state index in [1.54, 1.807) is 12.3 Å². The van der Waals surface area contributed by atoms with Gasteiger partial charge in [-0.1, -0.05) is 6.92 Å². The van der Waals surface area contributed by atoms with Gasteiger partial charge in [-0.05, 0) is 31.7 Å². The maximum atomic E-state index is 12.4. The lowest BCUT2D eigenvalue weighted by atomic mass is 9.92. The first-order valence-corrected chi connectivity index (χ1v) is 6.23. The van der Waals surface area contributed by atoms with Crippen LogP contribution in [0.15, 0.2) is 12.3 Å². The van der Waals surface area contributed by atoms with Gasteiger partial charge in [0.2, 0.25) is 0 Å². The summed E-state index contributed by atoms with van der Waals surface area (Å²) in [4.78, 5) is 14.4. The molecular formula is C13H21N3O. The van der Waals surface area contributed by atoms with Gasteiger partial charge < -0.3 is 15.2 Å². The number of likely N-dealkylation sites (tertiary alicyclic amines) is 1. The third-order valence-corrected chi connectivity index (χ3v) is 3.88. The van der Waals surface area contributed by atoms with E-state index >= 15 is 0 Å². The van der Waals surface area contributed by atoms with Crippen LogP contribution in [0.25, 0.3) is 0 Å². The molecule has 1 aliphatic rings. The molecule has 2 atom stereocenters. The lowest BCUT2D eigenvalue weighted by Crippen LogP contribution is -2.46. The van der Waals surface area contributed by atoms with Crippen LogP contribution in [0.4, 0.5) is 5.69 Å². The first-order valence-electron chi connectivity index (χ1n) is 6.23. The summed E-state index contributed by atoms with van der Waals surface area (Å²) in [6.45, 7) is 5.20. The number of nitrogen functional groups attached to an aromatic ring is 1. The quantitative estimate of drug-likeness (QED) is 0.808. The third kappa shape index (κ3) is 2.16.